The van der Waals surface area contributed by atoms with Gasteiger partial charge in [-0.25, -0.2) is 9.18 Å². The van der Waals surface area contributed by atoms with E-state index in [1.807, 2.05) is 0 Å². The second kappa shape index (κ2) is 4.34. The first-order valence-corrected chi connectivity index (χ1v) is 5.86. The number of nitrogens with two attached hydrogens (primary N) is 1. The minimum absolute atomic E-state index is 0.0589. The molecule has 5 nitrogen and oxygen atoms in total. The zero-order valence-electron chi connectivity index (χ0n) is 10.2. The van der Waals surface area contributed by atoms with Crippen LogP contribution in [0.15, 0.2) is 41.2 Å². The van der Waals surface area contributed by atoms with E-state index >= 15 is 0 Å². The van der Waals surface area contributed by atoms with Crippen molar-refractivity contribution in [2.75, 3.05) is 5.73 Å². The van der Waals surface area contributed by atoms with Gasteiger partial charge in [0.2, 0.25) is 0 Å². The lowest BCUT2D eigenvalue weighted by Crippen LogP contribution is -2.05. The summed E-state index contributed by atoms with van der Waals surface area (Å²) in [5, 5.41) is 0. The van der Waals surface area contributed by atoms with E-state index in [0.717, 1.165) is 6.07 Å². The molecule has 0 unspecified atom stereocenters. The Hall–Kier alpha value is -2.89. The number of aromatic nitrogens is 2. The van der Waals surface area contributed by atoms with E-state index in [1.54, 1.807) is 6.07 Å². The summed E-state index contributed by atoms with van der Waals surface area (Å²) in [7, 11) is 0. The average Bonchev–Trinajstić information content (AvgIpc) is 2.77. The first kappa shape index (κ1) is 12.2. The number of nitrogen functional groups attached to an aromatic ring is 1. The molecule has 0 aliphatic carbocycles. The summed E-state index contributed by atoms with van der Waals surface area (Å²) in [5.74, 6) is -1.14. The summed E-state index contributed by atoms with van der Waals surface area (Å²) in [6.45, 7) is 0. The van der Waals surface area contributed by atoms with Gasteiger partial charge in [0.1, 0.15) is 5.82 Å². The van der Waals surface area contributed by atoms with Crippen LogP contribution in [-0.4, -0.2) is 15.8 Å². The van der Waals surface area contributed by atoms with Crippen molar-refractivity contribution in [3.63, 3.8) is 0 Å². The molecular formula is C14H10FN3O2. The number of fused-ring (bicyclic) bond motifs is 1. The highest BCUT2D eigenvalue weighted by molar-refractivity contribution is 6.10. The first-order valence-electron chi connectivity index (χ1n) is 5.86. The molecule has 0 radical (unpaired) electrons. The van der Waals surface area contributed by atoms with Crippen molar-refractivity contribution in [2.24, 2.45) is 0 Å². The number of halogens is 1. The topological polar surface area (TPSA) is 91.7 Å². The summed E-state index contributed by atoms with van der Waals surface area (Å²) in [6.07, 6.45) is 0. The van der Waals surface area contributed by atoms with E-state index in [0.29, 0.717) is 11.0 Å². The molecule has 0 spiro atoms. The molecule has 2 aromatic carbocycles. The number of hydrogen-bond donors (Lipinski definition) is 3. The van der Waals surface area contributed by atoms with Crippen molar-refractivity contribution in [3.05, 3.63) is 63.8 Å². The van der Waals surface area contributed by atoms with Crippen LogP contribution in [0.5, 0.6) is 0 Å². The summed E-state index contributed by atoms with van der Waals surface area (Å²) in [6, 6.07) is 8.54. The summed E-state index contributed by atoms with van der Waals surface area (Å²) < 4.78 is 13.7. The monoisotopic (exact) mass is 271 g/mol. The predicted octanol–water partition coefficient (Wildman–Crippen LogP) is 1.81. The van der Waals surface area contributed by atoms with Gasteiger partial charge in [-0.15, -0.1) is 0 Å². The van der Waals surface area contributed by atoms with E-state index in [-0.39, 0.29) is 22.5 Å². The van der Waals surface area contributed by atoms with Crippen LogP contribution >= 0.6 is 0 Å². The quantitative estimate of drug-likeness (QED) is 0.490. The lowest BCUT2D eigenvalue weighted by molar-refractivity contribution is 0.103. The molecule has 0 atom stereocenters. The number of imidazole rings is 1. The van der Waals surface area contributed by atoms with Gasteiger partial charge < -0.3 is 15.7 Å². The summed E-state index contributed by atoms with van der Waals surface area (Å²) in [5.41, 5.74) is 6.66. The van der Waals surface area contributed by atoms with Gasteiger partial charge in [0.25, 0.3) is 0 Å². The SMILES string of the molecule is Nc1ccc(C(=O)c2ccc3[nH]c(=O)[nH]c3c2)c(F)c1. The third kappa shape index (κ3) is 1.97. The number of ketones is 1. The van der Waals surface area contributed by atoms with Crippen molar-refractivity contribution in [1.29, 1.82) is 0 Å². The number of hydrogen-bond acceptors (Lipinski definition) is 3. The van der Waals surface area contributed by atoms with E-state index in [2.05, 4.69) is 9.97 Å². The molecule has 20 heavy (non-hydrogen) atoms. The van der Waals surface area contributed by atoms with Crippen LogP contribution in [0.2, 0.25) is 0 Å². The fourth-order valence-corrected chi connectivity index (χ4v) is 2.04. The molecule has 100 valence electrons. The van der Waals surface area contributed by atoms with Gasteiger partial charge in [0.15, 0.2) is 5.78 Å². The van der Waals surface area contributed by atoms with Crippen molar-refractivity contribution >= 4 is 22.5 Å². The zero-order chi connectivity index (χ0) is 14.3. The van der Waals surface area contributed by atoms with Gasteiger partial charge in [-0.05, 0) is 36.4 Å². The van der Waals surface area contributed by atoms with Gasteiger partial charge >= 0.3 is 5.69 Å². The fraction of sp³-hybridized carbons (Fsp3) is 0. The van der Waals surface area contributed by atoms with Crippen molar-refractivity contribution in [3.8, 4) is 0 Å². The molecule has 1 aromatic heterocycles. The molecule has 0 amide bonds. The Balaban J connectivity index is 2.09. The van der Waals surface area contributed by atoms with Gasteiger partial charge in [-0.1, -0.05) is 0 Å². The lowest BCUT2D eigenvalue weighted by Gasteiger charge is -2.04. The molecule has 0 saturated heterocycles. The average molecular weight is 271 g/mol. The van der Waals surface area contributed by atoms with Crippen LogP contribution in [0.3, 0.4) is 0 Å². The highest BCUT2D eigenvalue weighted by Crippen LogP contribution is 2.18. The normalized spacial score (nSPS) is 10.8. The first-order chi connectivity index (χ1) is 9.54. The number of carbonyl (C=O) groups excluding carboxylic acids is 1. The van der Waals surface area contributed by atoms with E-state index < -0.39 is 11.6 Å². The minimum atomic E-state index is -0.669. The van der Waals surface area contributed by atoms with Gasteiger partial charge in [0.05, 0.1) is 16.6 Å². The number of benzene rings is 2. The minimum Gasteiger partial charge on any atom is -0.399 e. The molecule has 4 N–H and O–H groups in total. The number of H-pyrrole nitrogens is 2. The smallest absolute Gasteiger partial charge is 0.323 e. The number of aromatic amines is 2. The molecular weight excluding hydrogens is 261 g/mol. The Morgan fingerprint density at radius 2 is 1.80 bits per heavy atom. The third-order valence-corrected chi connectivity index (χ3v) is 3.02. The van der Waals surface area contributed by atoms with E-state index in [4.69, 9.17) is 5.73 Å². The standard InChI is InChI=1S/C14H10FN3O2/c15-10-6-8(16)2-3-9(10)13(19)7-1-4-11-12(5-7)18-14(20)17-11/h1-6H,16H2,(H2,17,18,20). The summed E-state index contributed by atoms with van der Waals surface area (Å²) >= 11 is 0. The van der Waals surface area contributed by atoms with Crippen LogP contribution in [-0.2, 0) is 0 Å². The van der Waals surface area contributed by atoms with Gasteiger partial charge in [0, 0.05) is 11.3 Å². The molecule has 6 heteroatoms. The Labute approximate surface area is 112 Å². The molecule has 1 heterocycles. The maximum absolute atomic E-state index is 13.7. The molecule has 0 aliphatic heterocycles. The second-order valence-corrected chi connectivity index (χ2v) is 4.41. The van der Waals surface area contributed by atoms with E-state index in [9.17, 15) is 14.0 Å². The fourth-order valence-electron chi connectivity index (χ4n) is 2.04. The van der Waals surface area contributed by atoms with Crippen LogP contribution in [0.25, 0.3) is 11.0 Å². The van der Waals surface area contributed by atoms with Gasteiger partial charge in [-0.3, -0.25) is 4.79 Å². The van der Waals surface area contributed by atoms with E-state index in [1.165, 1.54) is 24.3 Å². The maximum Gasteiger partial charge on any atom is 0.323 e. The lowest BCUT2D eigenvalue weighted by atomic mass is 10.0. The Bertz CT molecular complexity index is 880. The van der Waals surface area contributed by atoms with Crippen LogP contribution < -0.4 is 11.4 Å². The molecule has 3 rings (SSSR count). The molecule has 0 saturated carbocycles. The van der Waals surface area contributed by atoms with Crippen LogP contribution in [0.1, 0.15) is 15.9 Å². The predicted molar refractivity (Wildman–Crippen MR) is 73.2 cm³/mol. The molecule has 0 bridgehead atoms. The van der Waals surface area contributed by atoms with Crippen molar-refractivity contribution < 1.29 is 9.18 Å². The summed E-state index contributed by atoms with van der Waals surface area (Å²) in [4.78, 5) is 28.5. The number of rotatable bonds is 2. The van der Waals surface area contributed by atoms with Crippen LogP contribution in [0.4, 0.5) is 10.1 Å². The maximum atomic E-state index is 13.7. The van der Waals surface area contributed by atoms with Crippen LogP contribution in [0, 0.1) is 5.82 Å². The largest absolute Gasteiger partial charge is 0.399 e. The Morgan fingerprint density at radius 3 is 2.55 bits per heavy atom. The van der Waals surface area contributed by atoms with Gasteiger partial charge in [-0.2, -0.15) is 0 Å². The van der Waals surface area contributed by atoms with Crippen molar-refractivity contribution in [1.82, 2.24) is 9.97 Å². The number of nitrogens with one attached hydrogen (secondary N) is 2. The highest BCUT2D eigenvalue weighted by atomic mass is 19.1. The number of carbonyl (C=O) groups is 1. The second-order valence-electron chi connectivity index (χ2n) is 4.41. The zero-order valence-corrected chi connectivity index (χ0v) is 10.2. The molecule has 0 aliphatic rings. The molecule has 3 aromatic rings. The van der Waals surface area contributed by atoms with Crippen molar-refractivity contribution in [2.45, 2.75) is 0 Å². The Morgan fingerprint density at radius 1 is 1.05 bits per heavy atom. The molecule has 0 fully saturated rings. The third-order valence-electron chi connectivity index (χ3n) is 3.02. The Kier molecular flexibility index (Phi) is 2.64. The highest BCUT2D eigenvalue weighted by Gasteiger charge is 2.15. The number of anilines is 1.